The van der Waals surface area contributed by atoms with Gasteiger partial charge in [0.15, 0.2) is 0 Å². The van der Waals surface area contributed by atoms with Gasteiger partial charge in [0.25, 0.3) is 5.56 Å². The summed E-state index contributed by atoms with van der Waals surface area (Å²) in [4.78, 5) is 11.6. The molecule has 1 aromatic heterocycles. The third kappa shape index (κ3) is 3.33. The molecule has 0 unspecified atom stereocenters. The van der Waals surface area contributed by atoms with Gasteiger partial charge in [-0.2, -0.15) is 4.74 Å². The second-order valence-electron chi connectivity index (χ2n) is 5.99. The minimum Gasteiger partial charge on any atom is -0.384 e. The molecule has 1 N–H and O–H groups in total. The molecule has 1 saturated carbocycles. The van der Waals surface area contributed by atoms with Crippen LogP contribution in [-0.2, 0) is 4.74 Å². The van der Waals surface area contributed by atoms with E-state index in [1.54, 1.807) is 0 Å². The molecular weight excluding hydrogens is 256 g/mol. The van der Waals surface area contributed by atoms with Crippen LogP contribution in [0.3, 0.4) is 0 Å². The number of aromatic nitrogens is 1. The quantitative estimate of drug-likeness (QED) is 0.917. The molecule has 2 aliphatic rings. The predicted octanol–water partition coefficient (Wildman–Crippen LogP) is 2.08. The fourth-order valence-corrected chi connectivity index (χ4v) is 3.35. The average molecular weight is 280 g/mol. The highest BCUT2D eigenvalue weighted by atomic mass is 16.5. The Morgan fingerprint density at radius 2 is 2.15 bits per heavy atom. The summed E-state index contributed by atoms with van der Waals surface area (Å²) < 4.78 is 12.8. The summed E-state index contributed by atoms with van der Waals surface area (Å²) in [5.41, 5.74) is -0.0381. The van der Waals surface area contributed by atoms with Crippen LogP contribution in [0.2, 0.25) is 0 Å². The average Bonchev–Trinajstić information content (AvgIpc) is 2.93. The Bertz CT molecular complexity index is 462. The number of ether oxygens (including phenoxy) is 1. The van der Waals surface area contributed by atoms with Crippen molar-refractivity contribution in [2.24, 2.45) is 0 Å². The van der Waals surface area contributed by atoms with Gasteiger partial charge in [-0.05, 0) is 32.2 Å². The smallest absolute Gasteiger partial charge is 0.282 e. The summed E-state index contributed by atoms with van der Waals surface area (Å²) in [5, 5.41) is 3.49. The van der Waals surface area contributed by atoms with Gasteiger partial charge < -0.3 is 14.6 Å². The molecular formula is C15H24N2O3. The third-order valence-corrected chi connectivity index (χ3v) is 4.49. The van der Waals surface area contributed by atoms with Crippen molar-refractivity contribution >= 4 is 0 Å². The Kier molecular flexibility index (Phi) is 4.58. The van der Waals surface area contributed by atoms with E-state index in [1.807, 2.05) is 0 Å². The maximum absolute atomic E-state index is 11.6. The first kappa shape index (κ1) is 13.9. The fraction of sp³-hybridized carbons (Fsp3) is 0.800. The summed E-state index contributed by atoms with van der Waals surface area (Å²) in [6.45, 7) is 1.66. The molecule has 112 valence electrons. The van der Waals surface area contributed by atoms with Crippen molar-refractivity contribution in [2.75, 3.05) is 13.2 Å². The van der Waals surface area contributed by atoms with Gasteiger partial charge in [0.05, 0.1) is 18.8 Å². The van der Waals surface area contributed by atoms with Crippen LogP contribution in [-0.4, -0.2) is 30.0 Å². The van der Waals surface area contributed by atoms with Gasteiger partial charge in [0.2, 0.25) is 0 Å². The van der Waals surface area contributed by atoms with E-state index < -0.39 is 0 Å². The van der Waals surface area contributed by atoms with Gasteiger partial charge in [-0.3, -0.25) is 4.79 Å². The van der Waals surface area contributed by atoms with E-state index in [0.29, 0.717) is 12.1 Å². The van der Waals surface area contributed by atoms with Crippen LogP contribution in [0.5, 0.6) is 0 Å². The highest BCUT2D eigenvalue weighted by Gasteiger charge is 2.26. The van der Waals surface area contributed by atoms with E-state index >= 15 is 0 Å². The molecule has 2 fully saturated rings. The van der Waals surface area contributed by atoms with Gasteiger partial charge in [-0.15, -0.1) is 0 Å². The molecule has 20 heavy (non-hydrogen) atoms. The van der Waals surface area contributed by atoms with Gasteiger partial charge in [-0.1, -0.05) is 19.3 Å². The maximum Gasteiger partial charge on any atom is 0.282 e. The number of hydrogen-bond donors (Lipinski definition) is 1. The fourth-order valence-electron chi connectivity index (χ4n) is 3.35. The molecule has 0 radical (unpaired) electrons. The monoisotopic (exact) mass is 280 g/mol. The second kappa shape index (κ2) is 6.59. The summed E-state index contributed by atoms with van der Waals surface area (Å²) in [6, 6.07) is 1.97. The Morgan fingerprint density at radius 3 is 2.90 bits per heavy atom. The molecule has 5 heteroatoms. The lowest BCUT2D eigenvalue weighted by molar-refractivity contribution is 0.00597. The minimum atomic E-state index is -0.0381. The number of hydrogen-bond acceptors (Lipinski definition) is 4. The van der Waals surface area contributed by atoms with Crippen LogP contribution in [0.25, 0.3) is 0 Å². The van der Waals surface area contributed by atoms with E-state index in [-0.39, 0.29) is 11.6 Å². The summed E-state index contributed by atoms with van der Waals surface area (Å²) in [6.07, 6.45) is 10.1. The Hall–Kier alpha value is -1.07. The molecule has 5 nitrogen and oxygen atoms in total. The SMILES string of the molecule is O=c1ccon1[C@H]1CCN[C@@H](COC2CCCCC2)C1. The highest BCUT2D eigenvalue weighted by molar-refractivity contribution is 4.85. The second-order valence-corrected chi connectivity index (χ2v) is 5.99. The molecule has 1 aromatic rings. The van der Waals surface area contributed by atoms with E-state index in [4.69, 9.17) is 9.26 Å². The van der Waals surface area contributed by atoms with Crippen LogP contribution in [0.1, 0.15) is 51.0 Å². The molecule has 1 aliphatic carbocycles. The van der Waals surface area contributed by atoms with Crippen LogP contribution in [0.15, 0.2) is 21.6 Å². The standard InChI is InChI=1S/C15H24N2O3/c18-15-7-9-20-17(15)13-6-8-16-12(10-13)11-19-14-4-2-1-3-5-14/h7,9,12-14,16H,1-6,8,10-11H2/t12-,13+/m1/s1. The first-order chi connectivity index (χ1) is 9.83. The molecule has 2 heterocycles. The number of nitrogens with one attached hydrogen (secondary N) is 1. The van der Waals surface area contributed by atoms with Crippen LogP contribution < -0.4 is 10.9 Å². The van der Waals surface area contributed by atoms with Gasteiger partial charge in [-0.25, -0.2) is 0 Å². The summed E-state index contributed by atoms with van der Waals surface area (Å²) in [7, 11) is 0. The number of piperidine rings is 1. The lowest BCUT2D eigenvalue weighted by Gasteiger charge is -2.31. The lowest BCUT2D eigenvalue weighted by atomic mass is 9.97. The Balaban J connectivity index is 1.50. The summed E-state index contributed by atoms with van der Waals surface area (Å²) in [5.74, 6) is 0. The lowest BCUT2D eigenvalue weighted by Crippen LogP contribution is -2.43. The van der Waals surface area contributed by atoms with Crippen LogP contribution in [0, 0.1) is 0 Å². The van der Waals surface area contributed by atoms with Crippen molar-refractivity contribution < 1.29 is 9.26 Å². The predicted molar refractivity (Wildman–Crippen MR) is 75.9 cm³/mol. The summed E-state index contributed by atoms with van der Waals surface area (Å²) >= 11 is 0. The molecule has 0 spiro atoms. The van der Waals surface area contributed by atoms with Gasteiger partial charge >= 0.3 is 0 Å². The van der Waals surface area contributed by atoms with E-state index in [2.05, 4.69) is 5.32 Å². The Labute approximate surface area is 119 Å². The highest BCUT2D eigenvalue weighted by Crippen LogP contribution is 2.23. The largest absolute Gasteiger partial charge is 0.384 e. The first-order valence-corrected chi connectivity index (χ1v) is 7.84. The van der Waals surface area contributed by atoms with E-state index in [0.717, 1.165) is 26.0 Å². The molecule has 3 rings (SSSR count). The molecule has 1 aliphatic heterocycles. The molecule has 0 bridgehead atoms. The van der Waals surface area contributed by atoms with Crippen molar-refractivity contribution in [3.05, 3.63) is 22.7 Å². The van der Waals surface area contributed by atoms with Gasteiger partial charge in [0.1, 0.15) is 6.26 Å². The van der Waals surface area contributed by atoms with Crippen molar-refractivity contribution in [1.29, 1.82) is 0 Å². The molecule has 2 atom stereocenters. The van der Waals surface area contributed by atoms with Gasteiger partial charge in [0, 0.05) is 12.1 Å². The van der Waals surface area contributed by atoms with Crippen molar-refractivity contribution in [3.63, 3.8) is 0 Å². The zero-order valence-corrected chi connectivity index (χ0v) is 11.9. The minimum absolute atomic E-state index is 0.0381. The number of nitrogens with zero attached hydrogens (tertiary/aromatic N) is 1. The van der Waals surface area contributed by atoms with Crippen molar-refractivity contribution in [2.45, 2.75) is 63.1 Å². The number of rotatable bonds is 4. The topological polar surface area (TPSA) is 56.4 Å². The molecule has 0 amide bonds. The van der Waals surface area contributed by atoms with Crippen LogP contribution in [0.4, 0.5) is 0 Å². The zero-order chi connectivity index (χ0) is 13.8. The van der Waals surface area contributed by atoms with E-state index in [1.165, 1.54) is 49.2 Å². The van der Waals surface area contributed by atoms with Crippen LogP contribution >= 0.6 is 0 Å². The normalized spacial score (nSPS) is 28.6. The Morgan fingerprint density at radius 1 is 1.30 bits per heavy atom. The van der Waals surface area contributed by atoms with E-state index in [9.17, 15) is 4.79 Å². The van der Waals surface area contributed by atoms with Crippen molar-refractivity contribution in [3.8, 4) is 0 Å². The maximum atomic E-state index is 11.6. The zero-order valence-electron chi connectivity index (χ0n) is 11.9. The first-order valence-electron chi connectivity index (χ1n) is 7.84. The molecule has 0 aromatic carbocycles. The third-order valence-electron chi connectivity index (χ3n) is 4.49. The molecule has 1 saturated heterocycles. The van der Waals surface area contributed by atoms with Crippen molar-refractivity contribution in [1.82, 2.24) is 10.1 Å².